The van der Waals surface area contributed by atoms with Gasteiger partial charge < -0.3 is 14.7 Å². The first kappa shape index (κ1) is 24.2. The van der Waals surface area contributed by atoms with Crippen molar-refractivity contribution in [3.8, 4) is 0 Å². The first-order valence-corrected chi connectivity index (χ1v) is 11.6. The summed E-state index contributed by atoms with van der Waals surface area (Å²) >= 11 is 0. The zero-order valence-corrected chi connectivity index (χ0v) is 19.6. The van der Waals surface area contributed by atoms with Gasteiger partial charge in [0.1, 0.15) is 11.8 Å². The Morgan fingerprint density at radius 3 is 2.72 bits per heavy atom. The fraction of sp³-hybridized carbons (Fsp3) is 0.739. The topological polar surface area (TPSA) is 116 Å². The number of hydroxylamine groups is 2. The van der Waals surface area contributed by atoms with Crippen molar-refractivity contribution in [2.45, 2.75) is 84.1 Å². The Kier molecular flexibility index (Phi) is 7.27. The molecule has 1 aromatic heterocycles. The van der Waals surface area contributed by atoms with Crippen molar-refractivity contribution in [2.24, 2.45) is 11.3 Å². The molecule has 1 unspecified atom stereocenters. The Hall–Kier alpha value is -2.42. The molecule has 9 nitrogen and oxygen atoms in total. The van der Waals surface area contributed by atoms with Gasteiger partial charge in [0.15, 0.2) is 5.82 Å². The summed E-state index contributed by atoms with van der Waals surface area (Å²) in [6, 6.07) is 1.17. The molecule has 0 aromatic carbocycles. The van der Waals surface area contributed by atoms with Crippen LogP contribution in [-0.4, -0.2) is 57.7 Å². The molecule has 2 N–H and O–H groups in total. The molecule has 178 valence electrons. The van der Waals surface area contributed by atoms with Crippen LogP contribution < -0.4 is 5.32 Å². The minimum atomic E-state index is -0.553. The summed E-state index contributed by atoms with van der Waals surface area (Å²) < 4.78 is 5.36. The lowest BCUT2D eigenvalue weighted by Gasteiger charge is -2.26. The first-order chi connectivity index (χ1) is 15.1. The Morgan fingerprint density at radius 1 is 1.44 bits per heavy atom. The van der Waals surface area contributed by atoms with E-state index in [1.165, 1.54) is 0 Å². The monoisotopic (exact) mass is 448 g/mol. The molecule has 3 amide bonds. The van der Waals surface area contributed by atoms with Crippen LogP contribution >= 0.6 is 0 Å². The summed E-state index contributed by atoms with van der Waals surface area (Å²) in [5, 5.41) is 17.0. The van der Waals surface area contributed by atoms with Crippen molar-refractivity contribution < 1.29 is 24.1 Å². The summed E-state index contributed by atoms with van der Waals surface area (Å²) in [4.78, 5) is 38.9. The molecule has 32 heavy (non-hydrogen) atoms. The maximum Gasteiger partial charge on any atom is 0.248 e. The molecule has 1 aliphatic heterocycles. The molecule has 2 aliphatic rings. The van der Waals surface area contributed by atoms with Gasteiger partial charge in [-0.3, -0.25) is 19.6 Å². The molecule has 0 bridgehead atoms. The molecule has 2 fully saturated rings. The van der Waals surface area contributed by atoms with Gasteiger partial charge in [-0.1, -0.05) is 45.7 Å². The number of carbonyl (C=O) groups is 3. The van der Waals surface area contributed by atoms with Gasteiger partial charge in [-0.2, -0.15) is 0 Å². The molecule has 1 spiro atoms. The Balaban J connectivity index is 1.68. The predicted octanol–water partition coefficient (Wildman–Crippen LogP) is 3.34. The van der Waals surface area contributed by atoms with Crippen LogP contribution in [0, 0.1) is 11.3 Å². The number of hydrogen-bond donors (Lipinski definition) is 2. The van der Waals surface area contributed by atoms with Crippen LogP contribution in [0.4, 0.5) is 5.82 Å². The van der Waals surface area contributed by atoms with Gasteiger partial charge in [0.05, 0.1) is 6.54 Å². The van der Waals surface area contributed by atoms with E-state index in [2.05, 4.69) is 17.4 Å². The lowest BCUT2D eigenvalue weighted by Crippen LogP contribution is -2.44. The van der Waals surface area contributed by atoms with Crippen LogP contribution in [0.15, 0.2) is 10.6 Å². The zero-order chi connectivity index (χ0) is 23.5. The molecule has 1 saturated heterocycles. The third-order valence-electron chi connectivity index (χ3n) is 6.59. The molecule has 1 saturated carbocycles. The van der Waals surface area contributed by atoms with Crippen LogP contribution in [0.2, 0.25) is 0 Å². The van der Waals surface area contributed by atoms with Crippen molar-refractivity contribution >= 4 is 24.0 Å². The average molecular weight is 449 g/mol. The molecular weight excluding hydrogens is 412 g/mol. The molecule has 2 atom stereocenters. The smallest absolute Gasteiger partial charge is 0.248 e. The van der Waals surface area contributed by atoms with Crippen molar-refractivity contribution in [3.05, 3.63) is 11.8 Å². The number of nitrogens with one attached hydrogen (secondary N) is 1. The number of amides is 3. The lowest BCUT2D eigenvalue weighted by atomic mass is 9.93. The molecule has 1 aliphatic carbocycles. The van der Waals surface area contributed by atoms with Gasteiger partial charge in [-0.15, -0.1) is 0 Å². The highest BCUT2D eigenvalue weighted by Gasteiger charge is 2.55. The number of carbonyl (C=O) groups excluding carboxylic acids is 3. The number of unbranched alkanes of at least 4 members (excludes halogenated alkanes) is 1. The van der Waals surface area contributed by atoms with Gasteiger partial charge in [0, 0.05) is 24.4 Å². The number of anilines is 1. The standard InChI is InChI=1S/C23H36N4O5/c1-5-6-7-16(13-26(31)15-28)10-20(29)27-14-23(8-9-23)12-17(27)21(30)24-19-11-18(32-25-19)22(2,3)4/h11,15-17,31H,5-10,12-14H2,1-4H3,(H,24,25,30)/t16?,17-/m0/s1. The van der Waals surface area contributed by atoms with Crippen molar-refractivity contribution in [1.29, 1.82) is 0 Å². The number of rotatable bonds is 10. The third kappa shape index (κ3) is 5.88. The van der Waals surface area contributed by atoms with E-state index in [4.69, 9.17) is 4.52 Å². The maximum absolute atomic E-state index is 13.2. The van der Waals surface area contributed by atoms with E-state index in [-0.39, 0.29) is 41.5 Å². The number of nitrogens with zero attached hydrogens (tertiary/aromatic N) is 3. The summed E-state index contributed by atoms with van der Waals surface area (Å²) in [7, 11) is 0. The number of likely N-dealkylation sites (tertiary alicyclic amines) is 1. The Bertz CT molecular complexity index is 827. The lowest BCUT2D eigenvalue weighted by molar-refractivity contribution is -0.154. The average Bonchev–Trinajstić information content (AvgIpc) is 3.12. The van der Waals surface area contributed by atoms with Gasteiger partial charge in [0.25, 0.3) is 0 Å². The van der Waals surface area contributed by atoms with Crippen molar-refractivity contribution in [3.63, 3.8) is 0 Å². The van der Waals surface area contributed by atoms with Crippen molar-refractivity contribution in [2.75, 3.05) is 18.4 Å². The van der Waals surface area contributed by atoms with E-state index >= 15 is 0 Å². The summed E-state index contributed by atoms with van der Waals surface area (Å²) in [6.07, 6.45) is 5.85. The third-order valence-corrected chi connectivity index (χ3v) is 6.59. The van der Waals surface area contributed by atoms with Crippen LogP contribution in [0.5, 0.6) is 0 Å². The SMILES string of the molecule is CCCCC(CC(=O)N1CC2(CC2)C[C@H]1C(=O)Nc1cc(C(C)(C)C)on1)CN(O)C=O. The first-order valence-electron chi connectivity index (χ1n) is 11.6. The minimum Gasteiger partial charge on any atom is -0.359 e. The number of hydrogen-bond acceptors (Lipinski definition) is 6. The van der Waals surface area contributed by atoms with E-state index in [1.807, 2.05) is 20.8 Å². The molecular formula is C23H36N4O5. The van der Waals surface area contributed by atoms with E-state index in [9.17, 15) is 19.6 Å². The second-order valence-electron chi connectivity index (χ2n) is 10.5. The molecule has 0 radical (unpaired) electrons. The fourth-order valence-electron chi connectivity index (χ4n) is 4.41. The highest BCUT2D eigenvalue weighted by atomic mass is 16.5. The molecule has 2 heterocycles. The van der Waals surface area contributed by atoms with Crippen LogP contribution in [0.1, 0.15) is 78.4 Å². The van der Waals surface area contributed by atoms with Gasteiger partial charge in [0.2, 0.25) is 18.2 Å². The summed E-state index contributed by atoms with van der Waals surface area (Å²) in [5.74, 6) is 0.518. The van der Waals surface area contributed by atoms with E-state index in [0.29, 0.717) is 36.0 Å². The molecule has 3 rings (SSSR count). The van der Waals surface area contributed by atoms with E-state index < -0.39 is 6.04 Å². The second-order valence-corrected chi connectivity index (χ2v) is 10.5. The van der Waals surface area contributed by atoms with Gasteiger partial charge in [-0.05, 0) is 37.0 Å². The van der Waals surface area contributed by atoms with Gasteiger partial charge in [-0.25, -0.2) is 5.06 Å². The Labute approximate surface area is 189 Å². The van der Waals surface area contributed by atoms with E-state index in [0.717, 1.165) is 32.1 Å². The van der Waals surface area contributed by atoms with Crippen LogP contribution in [0.25, 0.3) is 0 Å². The largest absolute Gasteiger partial charge is 0.359 e. The summed E-state index contributed by atoms with van der Waals surface area (Å²) in [5.41, 5.74) is -0.179. The fourth-order valence-corrected chi connectivity index (χ4v) is 4.41. The maximum atomic E-state index is 13.2. The van der Waals surface area contributed by atoms with Crippen LogP contribution in [-0.2, 0) is 19.8 Å². The highest BCUT2D eigenvalue weighted by molar-refractivity contribution is 5.97. The quantitative estimate of drug-likeness (QED) is 0.322. The minimum absolute atomic E-state index is 0.0444. The van der Waals surface area contributed by atoms with Crippen LogP contribution in [0.3, 0.4) is 0 Å². The number of aromatic nitrogens is 1. The summed E-state index contributed by atoms with van der Waals surface area (Å²) in [6.45, 7) is 8.75. The zero-order valence-electron chi connectivity index (χ0n) is 19.6. The van der Waals surface area contributed by atoms with Gasteiger partial charge >= 0.3 is 0 Å². The normalized spacial score (nSPS) is 20.3. The second kappa shape index (κ2) is 9.60. The highest BCUT2D eigenvalue weighted by Crippen LogP contribution is 2.55. The Morgan fingerprint density at radius 2 is 2.16 bits per heavy atom. The van der Waals surface area contributed by atoms with E-state index in [1.54, 1.807) is 11.0 Å². The molecule has 1 aromatic rings. The molecule has 9 heteroatoms. The van der Waals surface area contributed by atoms with Crippen molar-refractivity contribution in [1.82, 2.24) is 15.1 Å². The predicted molar refractivity (Wildman–Crippen MR) is 118 cm³/mol.